The highest BCUT2D eigenvalue weighted by molar-refractivity contribution is 5.25. The van der Waals surface area contributed by atoms with Gasteiger partial charge in [0.2, 0.25) is 0 Å². The van der Waals surface area contributed by atoms with Crippen molar-refractivity contribution in [3.8, 4) is 0 Å². The van der Waals surface area contributed by atoms with Crippen LogP contribution in [0.2, 0.25) is 0 Å². The van der Waals surface area contributed by atoms with E-state index in [1.54, 1.807) is 5.57 Å². The molecule has 9 atom stereocenters. The van der Waals surface area contributed by atoms with Gasteiger partial charge in [-0.15, -0.1) is 0 Å². The van der Waals surface area contributed by atoms with Crippen molar-refractivity contribution in [3.63, 3.8) is 0 Å². The number of fused-ring (bicyclic) bond motifs is 5. The molecule has 172 valence electrons. The van der Waals surface area contributed by atoms with Gasteiger partial charge in [-0.25, -0.2) is 0 Å². The predicted molar refractivity (Wildman–Crippen MR) is 128 cm³/mol. The summed E-state index contributed by atoms with van der Waals surface area (Å²) in [6.45, 7) is 15.1. The molecule has 0 aromatic carbocycles. The Morgan fingerprint density at radius 3 is 2.47 bits per heavy atom. The van der Waals surface area contributed by atoms with Crippen molar-refractivity contribution in [2.45, 2.75) is 118 Å². The van der Waals surface area contributed by atoms with Crippen LogP contribution in [0.25, 0.3) is 0 Å². The van der Waals surface area contributed by atoms with E-state index in [0.29, 0.717) is 10.8 Å². The van der Waals surface area contributed by atoms with E-state index in [9.17, 15) is 5.11 Å². The molecule has 3 saturated carbocycles. The van der Waals surface area contributed by atoms with E-state index < -0.39 is 0 Å². The molecular weight excluding hydrogens is 364 g/mol. The first-order chi connectivity index (χ1) is 14.2. The smallest absolute Gasteiger partial charge is 0.0577 e. The molecule has 1 nitrogen and oxygen atoms in total. The van der Waals surface area contributed by atoms with Crippen LogP contribution in [-0.2, 0) is 0 Å². The fourth-order valence-corrected chi connectivity index (χ4v) is 9.30. The molecule has 0 aromatic rings. The molecule has 4 aliphatic carbocycles. The maximum absolute atomic E-state index is 10.2. The molecule has 0 saturated heterocycles. The molecule has 0 aromatic heterocycles. The van der Waals surface area contributed by atoms with E-state index in [1.165, 1.54) is 57.8 Å². The Hall–Kier alpha value is -0.300. The minimum Gasteiger partial charge on any atom is -0.393 e. The first-order valence-corrected chi connectivity index (χ1v) is 13.6. The van der Waals surface area contributed by atoms with Crippen LogP contribution < -0.4 is 0 Å². The van der Waals surface area contributed by atoms with Crippen LogP contribution in [0, 0.1) is 52.3 Å². The topological polar surface area (TPSA) is 20.2 Å². The average molecular weight is 415 g/mol. The number of aliphatic hydroxyl groups excluding tert-OH is 1. The van der Waals surface area contributed by atoms with Crippen LogP contribution in [0.3, 0.4) is 0 Å². The summed E-state index contributed by atoms with van der Waals surface area (Å²) in [7, 11) is 0. The Balaban J connectivity index is 1.47. The van der Waals surface area contributed by atoms with E-state index >= 15 is 0 Å². The summed E-state index contributed by atoms with van der Waals surface area (Å²) >= 11 is 0. The maximum atomic E-state index is 10.2. The lowest BCUT2D eigenvalue weighted by molar-refractivity contribution is -0.0575. The molecule has 0 unspecified atom stereocenters. The van der Waals surface area contributed by atoms with Gasteiger partial charge in [0.1, 0.15) is 0 Å². The number of hydrogen-bond acceptors (Lipinski definition) is 1. The molecular formula is C29H50O. The summed E-state index contributed by atoms with van der Waals surface area (Å²) in [5.41, 5.74) is 2.59. The molecule has 0 radical (unpaired) electrons. The van der Waals surface area contributed by atoms with Gasteiger partial charge in [0.15, 0.2) is 0 Å². The van der Waals surface area contributed by atoms with Crippen molar-refractivity contribution in [2.24, 2.45) is 52.3 Å². The van der Waals surface area contributed by atoms with Crippen LogP contribution >= 0.6 is 0 Å². The maximum Gasteiger partial charge on any atom is 0.0577 e. The van der Waals surface area contributed by atoms with E-state index in [1.807, 2.05) is 0 Å². The first-order valence-electron chi connectivity index (χ1n) is 13.6. The van der Waals surface area contributed by atoms with Crippen molar-refractivity contribution in [1.82, 2.24) is 0 Å². The van der Waals surface area contributed by atoms with Gasteiger partial charge in [-0.05, 0) is 110 Å². The van der Waals surface area contributed by atoms with Crippen LogP contribution in [-0.4, -0.2) is 11.2 Å². The van der Waals surface area contributed by atoms with E-state index in [2.05, 4.69) is 47.6 Å². The van der Waals surface area contributed by atoms with Crippen molar-refractivity contribution < 1.29 is 5.11 Å². The summed E-state index contributed by atoms with van der Waals surface area (Å²) < 4.78 is 0. The lowest BCUT2D eigenvalue weighted by Gasteiger charge is -2.58. The standard InChI is InChI=1S/C29H50O/c1-7-21(19(2)3)9-8-20(4)25-12-13-26-24-11-10-22-18-23(30)14-16-28(22,5)27(24)15-17-29(25,26)6/h10,19-21,23-27,30H,7-9,11-18H2,1-6H3/t20-,21-,23+,24-,25+,26-,27-,28+,29-/m1/s1. The third-order valence-electron chi connectivity index (χ3n) is 11.3. The summed E-state index contributed by atoms with van der Waals surface area (Å²) in [4.78, 5) is 0. The van der Waals surface area contributed by atoms with Gasteiger partial charge in [-0.2, -0.15) is 0 Å². The molecule has 0 spiro atoms. The van der Waals surface area contributed by atoms with E-state index in [4.69, 9.17) is 0 Å². The highest BCUT2D eigenvalue weighted by Gasteiger charge is 2.59. The molecule has 0 aliphatic heterocycles. The van der Waals surface area contributed by atoms with Crippen LogP contribution in [0.4, 0.5) is 0 Å². The van der Waals surface area contributed by atoms with Crippen molar-refractivity contribution >= 4 is 0 Å². The number of aliphatic hydroxyl groups is 1. The lowest BCUT2D eigenvalue weighted by Crippen LogP contribution is -2.50. The molecule has 4 aliphatic rings. The minimum atomic E-state index is -0.0794. The Morgan fingerprint density at radius 2 is 1.77 bits per heavy atom. The highest BCUT2D eigenvalue weighted by Crippen LogP contribution is 2.67. The summed E-state index contributed by atoms with van der Waals surface area (Å²) in [5, 5.41) is 10.2. The quantitative estimate of drug-likeness (QED) is 0.436. The Bertz CT molecular complexity index is 634. The molecule has 3 fully saturated rings. The summed E-state index contributed by atoms with van der Waals surface area (Å²) in [5.74, 6) is 6.31. The molecule has 0 bridgehead atoms. The SMILES string of the molecule is CC[C@H](CC[C@@H](C)[C@@H]1CC[C@@H]2[C@H]3CC=C4C[C@@H](O)CC[C@]4(C)[C@@H]3CC[C@@]21C)C(C)C. The minimum absolute atomic E-state index is 0.0794. The molecule has 4 rings (SSSR count). The number of allylic oxidation sites excluding steroid dienone is 1. The van der Waals surface area contributed by atoms with Crippen LogP contribution in [0.5, 0.6) is 0 Å². The summed E-state index contributed by atoms with van der Waals surface area (Å²) in [6.07, 6.45) is 17.1. The zero-order valence-corrected chi connectivity index (χ0v) is 20.9. The largest absolute Gasteiger partial charge is 0.393 e. The Labute approximate surface area is 187 Å². The van der Waals surface area contributed by atoms with Gasteiger partial charge in [0.25, 0.3) is 0 Å². The van der Waals surface area contributed by atoms with Crippen LogP contribution in [0.15, 0.2) is 11.6 Å². The number of rotatable bonds is 6. The molecule has 1 N–H and O–H groups in total. The second-order valence-electron chi connectivity index (χ2n) is 12.9. The van der Waals surface area contributed by atoms with Gasteiger partial charge in [0.05, 0.1) is 6.10 Å². The van der Waals surface area contributed by atoms with E-state index in [-0.39, 0.29) is 6.10 Å². The molecule has 0 amide bonds. The van der Waals surface area contributed by atoms with Crippen molar-refractivity contribution in [2.75, 3.05) is 0 Å². The lowest BCUT2D eigenvalue weighted by atomic mass is 9.47. The van der Waals surface area contributed by atoms with Crippen LogP contribution in [0.1, 0.15) is 112 Å². The monoisotopic (exact) mass is 414 g/mol. The normalized spacial score (nSPS) is 45.3. The van der Waals surface area contributed by atoms with Gasteiger partial charge >= 0.3 is 0 Å². The molecule has 1 heteroatoms. The third kappa shape index (κ3) is 3.74. The first kappa shape index (κ1) is 22.9. The second-order valence-corrected chi connectivity index (χ2v) is 12.9. The Kier molecular flexibility index (Phi) is 6.53. The predicted octanol–water partition coefficient (Wildman–Crippen LogP) is 8.02. The highest BCUT2D eigenvalue weighted by atomic mass is 16.3. The van der Waals surface area contributed by atoms with E-state index in [0.717, 1.165) is 54.3 Å². The number of hydrogen-bond donors (Lipinski definition) is 1. The van der Waals surface area contributed by atoms with Gasteiger partial charge in [0, 0.05) is 0 Å². The molecule has 30 heavy (non-hydrogen) atoms. The zero-order chi connectivity index (χ0) is 21.7. The Morgan fingerprint density at radius 1 is 1.00 bits per heavy atom. The zero-order valence-electron chi connectivity index (χ0n) is 20.9. The van der Waals surface area contributed by atoms with Crippen molar-refractivity contribution in [3.05, 3.63) is 11.6 Å². The average Bonchev–Trinajstić information content (AvgIpc) is 3.06. The third-order valence-corrected chi connectivity index (χ3v) is 11.3. The fraction of sp³-hybridized carbons (Fsp3) is 0.931. The van der Waals surface area contributed by atoms with Gasteiger partial charge < -0.3 is 5.11 Å². The fourth-order valence-electron chi connectivity index (χ4n) is 9.30. The van der Waals surface area contributed by atoms with Crippen molar-refractivity contribution in [1.29, 1.82) is 0 Å². The second kappa shape index (κ2) is 8.57. The van der Waals surface area contributed by atoms with Gasteiger partial charge in [-0.1, -0.05) is 66.0 Å². The van der Waals surface area contributed by atoms with Gasteiger partial charge in [-0.3, -0.25) is 0 Å². The molecule has 0 heterocycles. The summed E-state index contributed by atoms with van der Waals surface area (Å²) in [6, 6.07) is 0.